The van der Waals surface area contributed by atoms with Gasteiger partial charge in [-0.25, -0.2) is 9.07 Å². The Morgan fingerprint density at radius 2 is 1.81 bits per heavy atom. The smallest absolute Gasteiger partial charge is 0.191 e. The van der Waals surface area contributed by atoms with Gasteiger partial charge in [0.05, 0.1) is 11.9 Å². The monoisotopic (exact) mass is 351 g/mol. The van der Waals surface area contributed by atoms with Crippen LogP contribution in [-0.4, -0.2) is 29.3 Å². The van der Waals surface area contributed by atoms with Crippen LogP contribution in [-0.2, 0) is 13.0 Å². The molecule has 0 unspecified atom stereocenters. The molecule has 0 aliphatic rings. The van der Waals surface area contributed by atoms with Gasteiger partial charge >= 0.3 is 0 Å². The third-order valence-electron chi connectivity index (χ3n) is 3.96. The first kappa shape index (κ1) is 17.7. The summed E-state index contributed by atoms with van der Waals surface area (Å²) in [5.41, 5.74) is 3.19. The molecule has 5 nitrogen and oxygen atoms in total. The molecule has 134 valence electrons. The Labute approximate surface area is 152 Å². The van der Waals surface area contributed by atoms with Crippen molar-refractivity contribution in [1.29, 1.82) is 0 Å². The summed E-state index contributed by atoms with van der Waals surface area (Å²) in [6.45, 7) is 1.33. The van der Waals surface area contributed by atoms with Gasteiger partial charge in [0, 0.05) is 26.3 Å². The first-order valence-electron chi connectivity index (χ1n) is 8.52. The summed E-state index contributed by atoms with van der Waals surface area (Å²) in [6.07, 6.45) is 4.75. The number of benzene rings is 2. The van der Waals surface area contributed by atoms with Crippen LogP contribution in [0.2, 0.25) is 0 Å². The van der Waals surface area contributed by atoms with Gasteiger partial charge in [0.15, 0.2) is 5.96 Å². The molecule has 0 saturated carbocycles. The first-order valence-corrected chi connectivity index (χ1v) is 8.52. The van der Waals surface area contributed by atoms with E-state index in [1.54, 1.807) is 19.2 Å². The van der Waals surface area contributed by atoms with E-state index >= 15 is 0 Å². The third kappa shape index (κ3) is 4.92. The SMILES string of the molecule is CN=C(NCCc1cnn(-c2ccccc2)c1)NCc1ccc(F)cc1. The molecule has 3 rings (SSSR count). The topological polar surface area (TPSA) is 54.2 Å². The Hall–Kier alpha value is -3.15. The molecule has 0 bridgehead atoms. The fourth-order valence-electron chi connectivity index (χ4n) is 2.55. The minimum Gasteiger partial charge on any atom is -0.356 e. The Morgan fingerprint density at radius 3 is 2.54 bits per heavy atom. The molecule has 0 radical (unpaired) electrons. The lowest BCUT2D eigenvalue weighted by molar-refractivity contribution is 0.626. The number of para-hydroxylation sites is 1. The van der Waals surface area contributed by atoms with Gasteiger partial charge in [-0.3, -0.25) is 4.99 Å². The highest BCUT2D eigenvalue weighted by atomic mass is 19.1. The number of rotatable bonds is 6. The van der Waals surface area contributed by atoms with E-state index in [9.17, 15) is 4.39 Å². The molecule has 3 aromatic rings. The summed E-state index contributed by atoms with van der Waals surface area (Å²) in [4.78, 5) is 4.20. The number of halogens is 1. The van der Waals surface area contributed by atoms with Crippen LogP contribution in [0.4, 0.5) is 4.39 Å². The van der Waals surface area contributed by atoms with Crippen LogP contribution in [0.3, 0.4) is 0 Å². The first-order chi connectivity index (χ1) is 12.7. The van der Waals surface area contributed by atoms with Crippen LogP contribution < -0.4 is 10.6 Å². The Bertz CT molecular complexity index is 840. The van der Waals surface area contributed by atoms with E-state index in [1.165, 1.54) is 12.1 Å². The van der Waals surface area contributed by atoms with Gasteiger partial charge in [0.2, 0.25) is 0 Å². The van der Waals surface area contributed by atoms with E-state index in [4.69, 9.17) is 0 Å². The molecule has 1 heterocycles. The number of nitrogens with one attached hydrogen (secondary N) is 2. The predicted molar refractivity (Wildman–Crippen MR) is 102 cm³/mol. The summed E-state index contributed by atoms with van der Waals surface area (Å²) in [5, 5.41) is 10.9. The van der Waals surface area contributed by atoms with Crippen LogP contribution in [0.25, 0.3) is 5.69 Å². The molecule has 26 heavy (non-hydrogen) atoms. The van der Waals surface area contributed by atoms with E-state index in [2.05, 4.69) is 20.7 Å². The fourth-order valence-corrected chi connectivity index (χ4v) is 2.55. The normalized spacial score (nSPS) is 11.4. The Balaban J connectivity index is 1.46. The molecule has 0 spiro atoms. The molecule has 0 aliphatic carbocycles. The van der Waals surface area contributed by atoms with Crippen LogP contribution >= 0.6 is 0 Å². The zero-order valence-corrected chi connectivity index (χ0v) is 14.7. The van der Waals surface area contributed by atoms with Gasteiger partial charge in [-0.15, -0.1) is 0 Å². The lowest BCUT2D eigenvalue weighted by Crippen LogP contribution is -2.37. The highest BCUT2D eigenvalue weighted by Gasteiger charge is 2.02. The van der Waals surface area contributed by atoms with Crippen LogP contribution in [0, 0.1) is 5.82 Å². The van der Waals surface area contributed by atoms with Crippen LogP contribution in [0.15, 0.2) is 72.0 Å². The van der Waals surface area contributed by atoms with Crippen molar-refractivity contribution < 1.29 is 4.39 Å². The fraction of sp³-hybridized carbons (Fsp3) is 0.200. The average molecular weight is 351 g/mol. The standard InChI is InChI=1S/C20H22FN5/c1-22-20(24-13-16-7-9-18(21)10-8-16)23-12-11-17-14-25-26(15-17)19-5-3-2-4-6-19/h2-10,14-15H,11-13H2,1H3,(H2,22,23,24). The molecular formula is C20H22FN5. The number of aliphatic imine (C=N–C) groups is 1. The minimum atomic E-state index is -0.229. The van der Waals surface area contributed by atoms with E-state index in [-0.39, 0.29) is 5.82 Å². The average Bonchev–Trinajstić information content (AvgIpc) is 3.15. The summed E-state index contributed by atoms with van der Waals surface area (Å²) in [5.74, 6) is 0.483. The second-order valence-electron chi connectivity index (χ2n) is 5.86. The summed E-state index contributed by atoms with van der Waals surface area (Å²) in [7, 11) is 1.73. The number of nitrogens with zero attached hydrogens (tertiary/aromatic N) is 3. The Morgan fingerprint density at radius 1 is 1.04 bits per heavy atom. The molecule has 0 amide bonds. The van der Waals surface area contributed by atoms with Gasteiger partial charge in [0.25, 0.3) is 0 Å². The maximum atomic E-state index is 12.9. The molecule has 2 N–H and O–H groups in total. The summed E-state index contributed by atoms with van der Waals surface area (Å²) in [6, 6.07) is 16.5. The van der Waals surface area contributed by atoms with Crippen molar-refractivity contribution in [3.63, 3.8) is 0 Å². The van der Waals surface area contributed by atoms with Gasteiger partial charge in [-0.1, -0.05) is 30.3 Å². The number of guanidine groups is 1. The van der Waals surface area contributed by atoms with Crippen molar-refractivity contribution >= 4 is 5.96 Å². The van der Waals surface area contributed by atoms with Gasteiger partial charge in [-0.2, -0.15) is 5.10 Å². The molecule has 1 aromatic heterocycles. The Kier molecular flexibility index (Phi) is 5.98. The summed E-state index contributed by atoms with van der Waals surface area (Å²) >= 11 is 0. The molecular weight excluding hydrogens is 329 g/mol. The van der Waals surface area contributed by atoms with Crippen LogP contribution in [0.5, 0.6) is 0 Å². The zero-order valence-electron chi connectivity index (χ0n) is 14.7. The zero-order chi connectivity index (χ0) is 18.2. The van der Waals surface area contributed by atoms with Gasteiger partial charge < -0.3 is 10.6 Å². The highest BCUT2D eigenvalue weighted by molar-refractivity contribution is 5.79. The molecule has 0 saturated heterocycles. The van der Waals surface area contributed by atoms with E-state index in [1.807, 2.05) is 47.4 Å². The third-order valence-corrected chi connectivity index (χ3v) is 3.96. The van der Waals surface area contributed by atoms with E-state index in [0.29, 0.717) is 12.5 Å². The predicted octanol–water partition coefficient (Wildman–Crippen LogP) is 2.92. The van der Waals surface area contributed by atoms with Crippen molar-refractivity contribution in [1.82, 2.24) is 20.4 Å². The quantitative estimate of drug-likeness (QED) is 0.530. The van der Waals surface area contributed by atoms with Crippen molar-refractivity contribution in [2.24, 2.45) is 4.99 Å². The molecule has 0 aliphatic heterocycles. The van der Waals surface area contributed by atoms with Crippen molar-refractivity contribution in [3.8, 4) is 5.69 Å². The second-order valence-corrected chi connectivity index (χ2v) is 5.86. The molecule has 0 fully saturated rings. The number of hydrogen-bond donors (Lipinski definition) is 2. The number of hydrogen-bond acceptors (Lipinski definition) is 2. The lowest BCUT2D eigenvalue weighted by atomic mass is 10.2. The van der Waals surface area contributed by atoms with E-state index in [0.717, 1.165) is 29.8 Å². The second kappa shape index (κ2) is 8.80. The molecule has 6 heteroatoms. The van der Waals surface area contributed by atoms with Crippen molar-refractivity contribution in [2.45, 2.75) is 13.0 Å². The maximum absolute atomic E-state index is 12.9. The van der Waals surface area contributed by atoms with Gasteiger partial charge in [0.1, 0.15) is 5.82 Å². The maximum Gasteiger partial charge on any atom is 0.191 e. The molecule has 2 aromatic carbocycles. The molecule has 0 atom stereocenters. The van der Waals surface area contributed by atoms with Gasteiger partial charge in [-0.05, 0) is 41.8 Å². The summed E-state index contributed by atoms with van der Waals surface area (Å²) < 4.78 is 14.8. The largest absolute Gasteiger partial charge is 0.356 e. The minimum absolute atomic E-state index is 0.229. The lowest BCUT2D eigenvalue weighted by Gasteiger charge is -2.11. The van der Waals surface area contributed by atoms with Crippen molar-refractivity contribution in [3.05, 3.63) is 83.9 Å². The van der Waals surface area contributed by atoms with Crippen LogP contribution in [0.1, 0.15) is 11.1 Å². The highest BCUT2D eigenvalue weighted by Crippen LogP contribution is 2.07. The number of aromatic nitrogens is 2. The van der Waals surface area contributed by atoms with Crippen molar-refractivity contribution in [2.75, 3.05) is 13.6 Å². The van der Waals surface area contributed by atoms with E-state index < -0.39 is 0 Å².